The van der Waals surface area contributed by atoms with E-state index in [0.717, 1.165) is 32.0 Å². The Morgan fingerprint density at radius 1 is 1.26 bits per heavy atom. The van der Waals surface area contributed by atoms with Crippen molar-refractivity contribution in [3.05, 3.63) is 0 Å². The summed E-state index contributed by atoms with van der Waals surface area (Å²) < 4.78 is 0. The first-order chi connectivity index (χ1) is 9.33. The minimum atomic E-state index is 0.267. The molecule has 0 aromatic heterocycles. The number of hydrogen-bond donors (Lipinski definition) is 2. The third-order valence-electron chi connectivity index (χ3n) is 4.62. The van der Waals surface area contributed by atoms with Gasteiger partial charge < -0.3 is 15.3 Å². The number of piperidine rings is 1. The predicted octanol–water partition coefficient (Wildman–Crippen LogP) is 0.907. The van der Waals surface area contributed by atoms with Crippen LogP contribution in [-0.4, -0.2) is 72.9 Å². The molecule has 0 aromatic rings. The van der Waals surface area contributed by atoms with Crippen LogP contribution in [0.5, 0.6) is 0 Å². The highest BCUT2D eigenvalue weighted by molar-refractivity contribution is 4.85. The summed E-state index contributed by atoms with van der Waals surface area (Å²) in [7, 11) is 0. The standard InChI is InChI=1S/C15H31N3O/c1-2-7-16-14(13-19)6-9-17-10-11-18-8-4-3-5-15(18)12-17/h14-16,19H,2-13H2,1H3. The van der Waals surface area contributed by atoms with E-state index >= 15 is 0 Å². The molecule has 0 spiro atoms. The molecule has 2 rings (SSSR count). The van der Waals surface area contributed by atoms with Crippen molar-refractivity contribution in [2.24, 2.45) is 0 Å². The van der Waals surface area contributed by atoms with Gasteiger partial charge in [0.15, 0.2) is 0 Å². The smallest absolute Gasteiger partial charge is 0.0585 e. The summed E-state index contributed by atoms with van der Waals surface area (Å²) in [5.74, 6) is 0. The summed E-state index contributed by atoms with van der Waals surface area (Å²) in [6, 6.07) is 1.09. The molecular weight excluding hydrogens is 238 g/mol. The Hall–Kier alpha value is -0.160. The molecule has 4 nitrogen and oxygen atoms in total. The van der Waals surface area contributed by atoms with Crippen LogP contribution in [0.4, 0.5) is 0 Å². The zero-order chi connectivity index (χ0) is 13.5. The van der Waals surface area contributed by atoms with Crippen LogP contribution in [0.1, 0.15) is 39.0 Å². The van der Waals surface area contributed by atoms with Crippen molar-refractivity contribution in [1.29, 1.82) is 0 Å². The van der Waals surface area contributed by atoms with Crippen LogP contribution in [0.3, 0.4) is 0 Å². The van der Waals surface area contributed by atoms with Crippen molar-refractivity contribution in [3.8, 4) is 0 Å². The maximum atomic E-state index is 9.38. The molecule has 0 amide bonds. The molecule has 2 atom stereocenters. The zero-order valence-electron chi connectivity index (χ0n) is 12.5. The maximum Gasteiger partial charge on any atom is 0.0585 e. The quantitative estimate of drug-likeness (QED) is 0.720. The molecule has 112 valence electrons. The number of aliphatic hydroxyl groups excluding tert-OH is 1. The minimum Gasteiger partial charge on any atom is -0.395 e. The molecular formula is C15H31N3O. The molecule has 0 bridgehead atoms. The molecule has 0 radical (unpaired) electrons. The summed E-state index contributed by atoms with van der Waals surface area (Å²) in [6.45, 7) is 9.60. The van der Waals surface area contributed by atoms with Crippen molar-refractivity contribution in [2.75, 3.05) is 45.9 Å². The van der Waals surface area contributed by atoms with Gasteiger partial charge in [0, 0.05) is 31.7 Å². The summed E-state index contributed by atoms with van der Waals surface area (Å²) >= 11 is 0. The van der Waals surface area contributed by atoms with E-state index in [9.17, 15) is 5.11 Å². The first kappa shape index (κ1) is 15.2. The Morgan fingerprint density at radius 2 is 2.16 bits per heavy atom. The van der Waals surface area contributed by atoms with E-state index in [1.54, 1.807) is 0 Å². The van der Waals surface area contributed by atoms with Crippen LogP contribution in [0.15, 0.2) is 0 Å². The van der Waals surface area contributed by atoms with Gasteiger partial charge in [-0.25, -0.2) is 0 Å². The lowest BCUT2D eigenvalue weighted by atomic mass is 9.99. The molecule has 2 fully saturated rings. The van der Waals surface area contributed by atoms with Gasteiger partial charge in [-0.2, -0.15) is 0 Å². The number of nitrogens with one attached hydrogen (secondary N) is 1. The van der Waals surface area contributed by atoms with Crippen LogP contribution in [0.25, 0.3) is 0 Å². The van der Waals surface area contributed by atoms with Crippen molar-refractivity contribution >= 4 is 0 Å². The third kappa shape index (κ3) is 4.71. The lowest BCUT2D eigenvalue weighted by Gasteiger charge is -2.44. The van der Waals surface area contributed by atoms with Crippen molar-refractivity contribution in [1.82, 2.24) is 15.1 Å². The van der Waals surface area contributed by atoms with Gasteiger partial charge in [0.05, 0.1) is 6.61 Å². The molecule has 0 aromatic carbocycles. The molecule has 2 heterocycles. The summed E-state index contributed by atoms with van der Waals surface area (Å²) in [5.41, 5.74) is 0. The molecule has 2 aliphatic heterocycles. The second kappa shape index (κ2) is 8.20. The Morgan fingerprint density at radius 3 is 2.95 bits per heavy atom. The van der Waals surface area contributed by atoms with E-state index in [4.69, 9.17) is 0 Å². The van der Waals surface area contributed by atoms with Crippen LogP contribution < -0.4 is 5.32 Å². The molecule has 0 saturated carbocycles. The van der Waals surface area contributed by atoms with Gasteiger partial charge in [-0.15, -0.1) is 0 Å². The largest absolute Gasteiger partial charge is 0.395 e. The molecule has 2 saturated heterocycles. The Kier molecular flexibility index (Phi) is 6.57. The van der Waals surface area contributed by atoms with Crippen LogP contribution in [0, 0.1) is 0 Å². The molecule has 2 aliphatic rings. The molecule has 0 aliphatic carbocycles. The van der Waals surface area contributed by atoms with E-state index in [1.807, 2.05) is 0 Å². The zero-order valence-corrected chi connectivity index (χ0v) is 12.5. The van der Waals surface area contributed by atoms with Gasteiger partial charge in [-0.05, 0) is 45.3 Å². The van der Waals surface area contributed by atoms with Gasteiger partial charge in [-0.1, -0.05) is 13.3 Å². The fourth-order valence-electron chi connectivity index (χ4n) is 3.37. The second-order valence-electron chi connectivity index (χ2n) is 6.11. The van der Waals surface area contributed by atoms with Crippen LogP contribution in [-0.2, 0) is 0 Å². The number of piperazine rings is 1. The average molecular weight is 269 g/mol. The lowest BCUT2D eigenvalue weighted by molar-refractivity contribution is 0.0464. The number of aliphatic hydroxyl groups is 1. The van der Waals surface area contributed by atoms with Gasteiger partial charge in [0.1, 0.15) is 0 Å². The van der Waals surface area contributed by atoms with E-state index in [-0.39, 0.29) is 12.6 Å². The summed E-state index contributed by atoms with van der Waals surface area (Å²) in [4.78, 5) is 5.28. The second-order valence-corrected chi connectivity index (χ2v) is 6.11. The van der Waals surface area contributed by atoms with Crippen molar-refractivity contribution in [3.63, 3.8) is 0 Å². The lowest BCUT2D eigenvalue weighted by Crippen LogP contribution is -2.55. The monoisotopic (exact) mass is 269 g/mol. The van der Waals surface area contributed by atoms with E-state index in [1.165, 1.54) is 45.4 Å². The maximum absolute atomic E-state index is 9.38. The number of nitrogens with zero attached hydrogens (tertiary/aromatic N) is 2. The van der Waals surface area contributed by atoms with E-state index in [0.29, 0.717) is 0 Å². The van der Waals surface area contributed by atoms with E-state index < -0.39 is 0 Å². The molecule has 2 unspecified atom stereocenters. The SMILES string of the molecule is CCCNC(CO)CCN1CCN2CCCCC2C1. The molecule has 19 heavy (non-hydrogen) atoms. The van der Waals surface area contributed by atoms with Crippen molar-refractivity contribution < 1.29 is 5.11 Å². The summed E-state index contributed by atoms with van der Waals surface area (Å²) in [6.07, 6.45) is 6.39. The van der Waals surface area contributed by atoms with Crippen LogP contribution >= 0.6 is 0 Å². The topological polar surface area (TPSA) is 38.7 Å². The van der Waals surface area contributed by atoms with Crippen LogP contribution in [0.2, 0.25) is 0 Å². The Bertz CT molecular complexity index is 250. The Balaban J connectivity index is 1.68. The highest BCUT2D eigenvalue weighted by atomic mass is 16.3. The fraction of sp³-hybridized carbons (Fsp3) is 1.00. The van der Waals surface area contributed by atoms with Gasteiger partial charge in [-0.3, -0.25) is 4.90 Å². The number of rotatable bonds is 7. The average Bonchev–Trinajstić information content (AvgIpc) is 2.47. The number of fused-ring (bicyclic) bond motifs is 1. The molecule has 4 heteroatoms. The number of hydrogen-bond acceptors (Lipinski definition) is 4. The highest BCUT2D eigenvalue weighted by Crippen LogP contribution is 2.21. The van der Waals surface area contributed by atoms with Crippen molar-refractivity contribution in [2.45, 2.75) is 51.1 Å². The summed E-state index contributed by atoms with van der Waals surface area (Å²) in [5, 5.41) is 12.8. The Labute approximate surface area is 118 Å². The van der Waals surface area contributed by atoms with Gasteiger partial charge >= 0.3 is 0 Å². The minimum absolute atomic E-state index is 0.267. The first-order valence-corrected chi connectivity index (χ1v) is 8.14. The first-order valence-electron chi connectivity index (χ1n) is 8.14. The fourth-order valence-corrected chi connectivity index (χ4v) is 3.37. The van der Waals surface area contributed by atoms with Gasteiger partial charge in [0.2, 0.25) is 0 Å². The predicted molar refractivity (Wildman–Crippen MR) is 79.4 cm³/mol. The molecule has 2 N–H and O–H groups in total. The van der Waals surface area contributed by atoms with Gasteiger partial charge in [0.25, 0.3) is 0 Å². The highest BCUT2D eigenvalue weighted by Gasteiger charge is 2.28. The third-order valence-corrected chi connectivity index (χ3v) is 4.62. The normalized spacial score (nSPS) is 27.2. The van der Waals surface area contributed by atoms with E-state index in [2.05, 4.69) is 22.0 Å².